The molecule has 7 heteroatoms. The molecule has 0 spiro atoms. The Kier molecular flexibility index (Phi) is 4.57. The van der Waals surface area contributed by atoms with Crippen molar-refractivity contribution in [1.82, 2.24) is 15.1 Å². The number of carboxylic acids is 1. The maximum Gasteiger partial charge on any atom is 0.308 e. The summed E-state index contributed by atoms with van der Waals surface area (Å²) in [5.41, 5.74) is 1.73. The molecule has 5 nitrogen and oxygen atoms in total. The molecule has 3 aromatic rings. The number of hydrogen-bond acceptors (Lipinski definition) is 4. The fourth-order valence-corrected chi connectivity index (χ4v) is 4.59. The molecular weight excluding hydrogens is 353 g/mol. The lowest BCUT2D eigenvalue weighted by Gasteiger charge is -2.15. The van der Waals surface area contributed by atoms with E-state index in [2.05, 4.69) is 21.2 Å². The number of aliphatic carboxylic acids is 1. The van der Waals surface area contributed by atoms with Crippen molar-refractivity contribution in [3.63, 3.8) is 0 Å². The Morgan fingerprint density at radius 2 is 2.19 bits per heavy atom. The summed E-state index contributed by atoms with van der Waals surface area (Å²) in [7, 11) is 0. The summed E-state index contributed by atoms with van der Waals surface area (Å²) in [6.07, 6.45) is 1.72. The molecule has 2 atom stereocenters. The highest BCUT2D eigenvalue weighted by Gasteiger charge is 2.38. The molecule has 26 heavy (non-hydrogen) atoms. The standard InChI is InChI=1S/C19H18FN3O2S/c20-13-3-1-2-12(8-13)15-10-23(11-16(15)19(24)25)9-14-4-5-18(26-14)17-6-7-21-22-17/h1-8,15-16H,9-11H2,(H,21,22)(H,24,25)/t15-,16+/m0/s1. The SMILES string of the molecule is O=C(O)[C@@H]1CN(Cc2ccc(-c3ccn[nH]3)s2)C[C@H]1c1cccc(F)c1. The highest BCUT2D eigenvalue weighted by Crippen LogP contribution is 2.35. The average molecular weight is 371 g/mol. The average Bonchev–Trinajstić information content (AvgIpc) is 3.35. The lowest BCUT2D eigenvalue weighted by atomic mass is 9.89. The molecule has 1 fully saturated rings. The molecule has 0 unspecified atom stereocenters. The van der Waals surface area contributed by atoms with Gasteiger partial charge in [0.2, 0.25) is 0 Å². The van der Waals surface area contributed by atoms with Crippen LogP contribution in [0.1, 0.15) is 16.4 Å². The minimum atomic E-state index is -0.828. The Labute approximate surface area is 154 Å². The van der Waals surface area contributed by atoms with E-state index in [0.717, 1.165) is 16.1 Å². The zero-order valence-electron chi connectivity index (χ0n) is 13.9. The van der Waals surface area contributed by atoms with Crippen LogP contribution in [-0.4, -0.2) is 39.3 Å². The number of carbonyl (C=O) groups is 1. The van der Waals surface area contributed by atoms with Crippen LogP contribution in [0.15, 0.2) is 48.7 Å². The van der Waals surface area contributed by atoms with Gasteiger partial charge in [0, 0.05) is 36.6 Å². The number of thiophene rings is 1. The number of nitrogens with zero attached hydrogens (tertiary/aromatic N) is 2. The molecule has 4 rings (SSSR count). The highest BCUT2D eigenvalue weighted by molar-refractivity contribution is 7.15. The number of likely N-dealkylation sites (tertiary alicyclic amines) is 1. The van der Waals surface area contributed by atoms with Crippen LogP contribution in [0.4, 0.5) is 4.39 Å². The number of nitrogens with one attached hydrogen (secondary N) is 1. The van der Waals surface area contributed by atoms with Crippen LogP contribution in [0.25, 0.3) is 10.6 Å². The second-order valence-electron chi connectivity index (χ2n) is 6.54. The topological polar surface area (TPSA) is 69.2 Å². The molecule has 0 radical (unpaired) electrons. The third-order valence-electron chi connectivity index (χ3n) is 4.80. The highest BCUT2D eigenvalue weighted by atomic mass is 32.1. The van der Waals surface area contributed by atoms with Gasteiger partial charge >= 0.3 is 5.97 Å². The van der Waals surface area contributed by atoms with Crippen LogP contribution in [0, 0.1) is 11.7 Å². The van der Waals surface area contributed by atoms with Gasteiger partial charge in [-0.05, 0) is 35.9 Å². The van der Waals surface area contributed by atoms with E-state index in [1.165, 1.54) is 17.0 Å². The second-order valence-corrected chi connectivity index (χ2v) is 7.70. The molecule has 1 aliphatic rings. The lowest BCUT2D eigenvalue weighted by molar-refractivity contribution is -0.141. The summed E-state index contributed by atoms with van der Waals surface area (Å²) in [4.78, 5) is 16.1. The quantitative estimate of drug-likeness (QED) is 0.719. The number of carboxylic acid groups (broad SMARTS) is 1. The van der Waals surface area contributed by atoms with Crippen LogP contribution in [-0.2, 0) is 11.3 Å². The van der Waals surface area contributed by atoms with Crippen LogP contribution in [0.2, 0.25) is 0 Å². The molecule has 2 N–H and O–H groups in total. The fourth-order valence-electron chi connectivity index (χ4n) is 3.56. The number of H-pyrrole nitrogens is 1. The van der Waals surface area contributed by atoms with Gasteiger partial charge in [-0.15, -0.1) is 11.3 Å². The van der Waals surface area contributed by atoms with Crippen molar-refractivity contribution in [1.29, 1.82) is 0 Å². The van der Waals surface area contributed by atoms with Crippen LogP contribution in [0.3, 0.4) is 0 Å². The predicted octanol–water partition coefficient (Wildman–Crippen LogP) is 3.58. The van der Waals surface area contributed by atoms with Crippen LogP contribution >= 0.6 is 11.3 Å². The Bertz CT molecular complexity index is 909. The molecule has 0 saturated carbocycles. The first-order chi connectivity index (χ1) is 12.6. The summed E-state index contributed by atoms with van der Waals surface area (Å²) in [6, 6.07) is 12.3. The van der Waals surface area contributed by atoms with E-state index in [1.807, 2.05) is 18.2 Å². The summed E-state index contributed by atoms with van der Waals surface area (Å²) in [5.74, 6) is -1.88. The molecule has 134 valence electrons. The summed E-state index contributed by atoms with van der Waals surface area (Å²) in [5, 5.41) is 16.5. The van der Waals surface area contributed by atoms with Gasteiger partial charge in [-0.25, -0.2) is 4.39 Å². The molecule has 0 aliphatic carbocycles. The summed E-state index contributed by atoms with van der Waals surface area (Å²) >= 11 is 1.67. The number of halogens is 1. The maximum absolute atomic E-state index is 13.6. The number of aromatic nitrogens is 2. The Balaban J connectivity index is 1.51. The molecule has 1 aliphatic heterocycles. The van der Waals surface area contributed by atoms with Gasteiger partial charge in [0.05, 0.1) is 16.5 Å². The van der Waals surface area contributed by atoms with E-state index < -0.39 is 11.9 Å². The Hall–Kier alpha value is -2.51. The molecule has 3 heterocycles. The van der Waals surface area contributed by atoms with Crippen molar-refractivity contribution in [3.8, 4) is 10.6 Å². The minimum Gasteiger partial charge on any atom is -0.481 e. The number of hydrogen-bond donors (Lipinski definition) is 2. The Morgan fingerprint density at radius 1 is 1.31 bits per heavy atom. The third-order valence-corrected chi connectivity index (χ3v) is 5.90. The first kappa shape index (κ1) is 16.9. The van der Waals surface area contributed by atoms with E-state index in [1.54, 1.807) is 23.6 Å². The molecule has 0 amide bonds. The zero-order valence-corrected chi connectivity index (χ0v) is 14.7. The third kappa shape index (κ3) is 3.40. The molecule has 0 bridgehead atoms. The van der Waals surface area contributed by atoms with E-state index in [9.17, 15) is 14.3 Å². The summed E-state index contributed by atoms with van der Waals surface area (Å²) < 4.78 is 13.6. The minimum absolute atomic E-state index is 0.199. The van der Waals surface area contributed by atoms with Gasteiger partial charge in [0.1, 0.15) is 5.82 Å². The molecule has 1 saturated heterocycles. The van der Waals surface area contributed by atoms with Gasteiger partial charge in [-0.2, -0.15) is 5.10 Å². The van der Waals surface area contributed by atoms with Gasteiger partial charge < -0.3 is 5.11 Å². The van der Waals surface area contributed by atoms with Crippen molar-refractivity contribution in [2.45, 2.75) is 12.5 Å². The first-order valence-corrected chi connectivity index (χ1v) is 9.21. The largest absolute Gasteiger partial charge is 0.481 e. The van der Waals surface area contributed by atoms with Crippen molar-refractivity contribution in [2.75, 3.05) is 13.1 Å². The van der Waals surface area contributed by atoms with E-state index in [0.29, 0.717) is 19.6 Å². The van der Waals surface area contributed by atoms with E-state index in [4.69, 9.17) is 0 Å². The van der Waals surface area contributed by atoms with Crippen molar-refractivity contribution >= 4 is 17.3 Å². The van der Waals surface area contributed by atoms with Gasteiger partial charge in [-0.1, -0.05) is 12.1 Å². The molecule has 2 aromatic heterocycles. The normalized spacial score (nSPS) is 20.5. The lowest BCUT2D eigenvalue weighted by Crippen LogP contribution is -2.23. The van der Waals surface area contributed by atoms with Gasteiger partial charge in [0.15, 0.2) is 0 Å². The smallest absolute Gasteiger partial charge is 0.308 e. The van der Waals surface area contributed by atoms with E-state index in [-0.39, 0.29) is 11.7 Å². The molecular formula is C19H18FN3O2S. The maximum atomic E-state index is 13.6. The van der Waals surface area contributed by atoms with E-state index >= 15 is 0 Å². The number of rotatable bonds is 5. The monoisotopic (exact) mass is 371 g/mol. The van der Waals surface area contributed by atoms with Crippen LogP contribution < -0.4 is 0 Å². The van der Waals surface area contributed by atoms with Gasteiger partial charge in [0.25, 0.3) is 0 Å². The number of benzene rings is 1. The van der Waals surface area contributed by atoms with Crippen molar-refractivity contribution < 1.29 is 14.3 Å². The fraction of sp³-hybridized carbons (Fsp3) is 0.263. The van der Waals surface area contributed by atoms with Gasteiger partial charge in [-0.3, -0.25) is 14.8 Å². The summed E-state index contributed by atoms with van der Waals surface area (Å²) in [6.45, 7) is 1.76. The van der Waals surface area contributed by atoms with Crippen molar-refractivity contribution in [3.05, 3.63) is 64.9 Å². The number of aromatic amines is 1. The van der Waals surface area contributed by atoms with Crippen LogP contribution in [0.5, 0.6) is 0 Å². The first-order valence-electron chi connectivity index (χ1n) is 8.39. The molecule has 1 aromatic carbocycles. The Morgan fingerprint density at radius 3 is 2.92 bits per heavy atom. The predicted molar refractivity (Wildman–Crippen MR) is 97.4 cm³/mol. The van der Waals surface area contributed by atoms with Crippen molar-refractivity contribution in [2.24, 2.45) is 5.92 Å². The zero-order chi connectivity index (χ0) is 18.1. The second kappa shape index (κ2) is 7.01.